The summed E-state index contributed by atoms with van der Waals surface area (Å²) in [6.45, 7) is 5.72. The average molecular weight is 272 g/mol. The van der Waals surface area contributed by atoms with Gasteiger partial charge in [-0.05, 0) is 39.5 Å². The summed E-state index contributed by atoms with van der Waals surface area (Å²) in [6, 6.07) is 0. The zero-order valence-corrected chi connectivity index (χ0v) is 12.1. The maximum Gasteiger partial charge on any atom is 0.154 e. The lowest BCUT2D eigenvalue weighted by Gasteiger charge is -2.07. The van der Waals surface area contributed by atoms with E-state index >= 15 is 0 Å². The van der Waals surface area contributed by atoms with Crippen LogP contribution in [0.1, 0.15) is 67.7 Å². The zero-order chi connectivity index (χ0) is 13.7. The van der Waals surface area contributed by atoms with E-state index in [1.807, 2.05) is 6.92 Å². The minimum absolute atomic E-state index is 0.611. The van der Waals surface area contributed by atoms with Gasteiger partial charge < -0.3 is 4.57 Å². The standard InChI is InChI=1S/C14H20N6/c1-3-19-9(2)16-17-12(19)8-20-14(11-6-7-11)15-13(18-20)10-4-5-10/h10-11H,3-8H2,1-2H3. The van der Waals surface area contributed by atoms with Crippen molar-refractivity contribution in [2.24, 2.45) is 0 Å². The summed E-state index contributed by atoms with van der Waals surface area (Å²) in [5.41, 5.74) is 0. The number of hydrogen-bond acceptors (Lipinski definition) is 4. The molecule has 2 saturated carbocycles. The van der Waals surface area contributed by atoms with E-state index < -0.39 is 0 Å². The summed E-state index contributed by atoms with van der Waals surface area (Å²) >= 11 is 0. The van der Waals surface area contributed by atoms with Gasteiger partial charge in [-0.15, -0.1) is 10.2 Å². The molecule has 0 saturated heterocycles. The monoisotopic (exact) mass is 272 g/mol. The molecule has 0 N–H and O–H groups in total. The minimum Gasteiger partial charge on any atom is -0.314 e. The molecule has 0 spiro atoms. The Morgan fingerprint density at radius 1 is 1.10 bits per heavy atom. The van der Waals surface area contributed by atoms with Crippen LogP contribution in [0.2, 0.25) is 0 Å². The third kappa shape index (κ3) is 2.03. The molecule has 2 aliphatic rings. The molecular formula is C14H20N6. The lowest BCUT2D eigenvalue weighted by molar-refractivity contribution is 0.573. The normalized spacial score (nSPS) is 18.7. The fourth-order valence-corrected chi connectivity index (χ4v) is 2.73. The lowest BCUT2D eigenvalue weighted by atomic mass is 10.4. The molecule has 20 heavy (non-hydrogen) atoms. The van der Waals surface area contributed by atoms with Crippen LogP contribution < -0.4 is 0 Å². The first-order valence-corrected chi connectivity index (χ1v) is 7.59. The predicted molar refractivity (Wildman–Crippen MR) is 73.5 cm³/mol. The van der Waals surface area contributed by atoms with Crippen molar-refractivity contribution in [3.8, 4) is 0 Å². The maximum absolute atomic E-state index is 4.79. The largest absolute Gasteiger partial charge is 0.314 e. The summed E-state index contributed by atoms with van der Waals surface area (Å²) in [6.07, 6.45) is 5.00. The van der Waals surface area contributed by atoms with Crippen molar-refractivity contribution in [2.75, 3.05) is 0 Å². The first kappa shape index (κ1) is 12.1. The zero-order valence-electron chi connectivity index (χ0n) is 12.1. The quantitative estimate of drug-likeness (QED) is 0.835. The molecular weight excluding hydrogens is 252 g/mol. The van der Waals surface area contributed by atoms with Gasteiger partial charge in [-0.2, -0.15) is 5.10 Å². The number of nitrogens with zero attached hydrogens (tertiary/aromatic N) is 6. The van der Waals surface area contributed by atoms with Crippen LogP contribution in [0.3, 0.4) is 0 Å². The third-order valence-electron chi connectivity index (χ3n) is 4.22. The first-order chi connectivity index (χ1) is 9.76. The van der Waals surface area contributed by atoms with Crippen molar-refractivity contribution in [1.29, 1.82) is 0 Å². The van der Waals surface area contributed by atoms with Crippen molar-refractivity contribution in [1.82, 2.24) is 29.5 Å². The molecule has 2 aliphatic carbocycles. The Morgan fingerprint density at radius 3 is 2.50 bits per heavy atom. The molecule has 0 amide bonds. The highest BCUT2D eigenvalue weighted by molar-refractivity contribution is 5.13. The summed E-state index contributed by atoms with van der Waals surface area (Å²) in [4.78, 5) is 4.79. The van der Waals surface area contributed by atoms with Gasteiger partial charge in [0.05, 0.1) is 0 Å². The molecule has 2 aromatic rings. The van der Waals surface area contributed by atoms with Gasteiger partial charge in [-0.25, -0.2) is 9.67 Å². The van der Waals surface area contributed by atoms with E-state index in [1.165, 1.54) is 25.7 Å². The molecule has 0 unspecified atom stereocenters. The van der Waals surface area contributed by atoms with E-state index in [0.29, 0.717) is 18.4 Å². The van der Waals surface area contributed by atoms with E-state index in [1.54, 1.807) is 0 Å². The highest BCUT2D eigenvalue weighted by atomic mass is 15.4. The van der Waals surface area contributed by atoms with Crippen LogP contribution in [0.5, 0.6) is 0 Å². The SMILES string of the molecule is CCn1c(C)nnc1Cn1nc(C2CC2)nc1C1CC1. The molecule has 6 heteroatoms. The number of rotatable bonds is 5. The number of hydrogen-bond donors (Lipinski definition) is 0. The molecule has 4 rings (SSSR count). The first-order valence-electron chi connectivity index (χ1n) is 7.59. The maximum atomic E-state index is 4.79. The van der Waals surface area contributed by atoms with Gasteiger partial charge in [0.1, 0.15) is 18.2 Å². The van der Waals surface area contributed by atoms with Gasteiger partial charge in [-0.3, -0.25) is 0 Å². The van der Waals surface area contributed by atoms with E-state index in [-0.39, 0.29) is 0 Å². The van der Waals surface area contributed by atoms with Crippen molar-refractivity contribution in [3.63, 3.8) is 0 Å². The van der Waals surface area contributed by atoms with Crippen LogP contribution in [-0.2, 0) is 13.1 Å². The van der Waals surface area contributed by atoms with Crippen LogP contribution >= 0.6 is 0 Å². The summed E-state index contributed by atoms with van der Waals surface area (Å²) < 4.78 is 4.22. The van der Waals surface area contributed by atoms with E-state index in [9.17, 15) is 0 Å². The van der Waals surface area contributed by atoms with Crippen LogP contribution in [0.15, 0.2) is 0 Å². The second-order valence-electron chi connectivity index (χ2n) is 5.94. The molecule has 106 valence electrons. The lowest BCUT2D eigenvalue weighted by Crippen LogP contribution is -2.12. The molecule has 2 fully saturated rings. The summed E-state index contributed by atoms with van der Waals surface area (Å²) in [5.74, 6) is 5.40. The second-order valence-corrected chi connectivity index (χ2v) is 5.94. The van der Waals surface area contributed by atoms with Crippen molar-refractivity contribution < 1.29 is 0 Å². The molecule has 0 bridgehead atoms. The number of aryl methyl sites for hydroxylation is 1. The fraction of sp³-hybridized carbons (Fsp3) is 0.714. The highest BCUT2D eigenvalue weighted by Gasteiger charge is 2.34. The summed E-state index contributed by atoms with van der Waals surface area (Å²) in [5, 5.41) is 13.2. The van der Waals surface area contributed by atoms with Crippen molar-refractivity contribution in [2.45, 2.75) is 64.5 Å². The second kappa shape index (κ2) is 4.40. The summed E-state index contributed by atoms with van der Waals surface area (Å²) in [7, 11) is 0. The van der Waals surface area contributed by atoms with Crippen LogP contribution in [0.4, 0.5) is 0 Å². The molecule has 0 atom stereocenters. The van der Waals surface area contributed by atoms with Gasteiger partial charge in [0.15, 0.2) is 11.6 Å². The van der Waals surface area contributed by atoms with E-state index in [2.05, 4.69) is 26.4 Å². The molecule has 2 aromatic heterocycles. The molecule has 2 heterocycles. The molecule has 0 radical (unpaired) electrons. The van der Waals surface area contributed by atoms with Crippen LogP contribution in [-0.4, -0.2) is 29.5 Å². The highest BCUT2D eigenvalue weighted by Crippen LogP contribution is 2.42. The number of aromatic nitrogens is 6. The smallest absolute Gasteiger partial charge is 0.154 e. The Balaban J connectivity index is 1.66. The minimum atomic E-state index is 0.611. The van der Waals surface area contributed by atoms with E-state index in [4.69, 9.17) is 10.1 Å². The van der Waals surface area contributed by atoms with Gasteiger partial charge in [0.25, 0.3) is 0 Å². The Bertz CT molecular complexity index is 632. The van der Waals surface area contributed by atoms with Gasteiger partial charge in [-0.1, -0.05) is 0 Å². The Labute approximate surface area is 118 Å². The van der Waals surface area contributed by atoms with Crippen molar-refractivity contribution in [3.05, 3.63) is 23.3 Å². The molecule has 0 aromatic carbocycles. The Hall–Kier alpha value is -1.72. The van der Waals surface area contributed by atoms with Crippen molar-refractivity contribution >= 4 is 0 Å². The Kier molecular flexibility index (Phi) is 2.65. The topological polar surface area (TPSA) is 61.4 Å². The molecule has 0 aliphatic heterocycles. The average Bonchev–Trinajstić information content (AvgIpc) is 3.36. The fourth-order valence-electron chi connectivity index (χ4n) is 2.73. The van der Waals surface area contributed by atoms with Crippen LogP contribution in [0, 0.1) is 6.92 Å². The van der Waals surface area contributed by atoms with Gasteiger partial charge >= 0.3 is 0 Å². The van der Waals surface area contributed by atoms with E-state index in [0.717, 1.165) is 29.8 Å². The Morgan fingerprint density at radius 2 is 1.85 bits per heavy atom. The van der Waals surface area contributed by atoms with Crippen LogP contribution in [0.25, 0.3) is 0 Å². The van der Waals surface area contributed by atoms with Gasteiger partial charge in [0, 0.05) is 18.4 Å². The molecule has 6 nitrogen and oxygen atoms in total. The van der Waals surface area contributed by atoms with Gasteiger partial charge in [0.2, 0.25) is 0 Å². The predicted octanol–water partition coefficient (Wildman–Crippen LogP) is 2.00. The third-order valence-corrected chi connectivity index (χ3v) is 4.22.